The predicted octanol–water partition coefficient (Wildman–Crippen LogP) is 3.70. The second-order valence-electron chi connectivity index (χ2n) is 6.30. The molecule has 1 unspecified atom stereocenters. The van der Waals surface area contributed by atoms with Crippen molar-refractivity contribution < 1.29 is 13.2 Å². The SMILES string of the molecule is CC(C)C1CCn2c(cnc2C2(C(F)(F)F)CC2)C1. The van der Waals surface area contributed by atoms with Crippen LogP contribution in [0.25, 0.3) is 0 Å². The van der Waals surface area contributed by atoms with Crippen LogP contribution in [-0.2, 0) is 18.4 Å². The molecule has 106 valence electrons. The lowest BCUT2D eigenvalue weighted by molar-refractivity contribution is -0.163. The molecule has 0 aromatic carbocycles. The number of fused-ring (bicyclic) bond motifs is 1. The van der Waals surface area contributed by atoms with Crippen LogP contribution in [-0.4, -0.2) is 15.7 Å². The van der Waals surface area contributed by atoms with Gasteiger partial charge in [0, 0.05) is 18.4 Å². The van der Waals surface area contributed by atoms with Gasteiger partial charge in [-0.05, 0) is 37.5 Å². The van der Waals surface area contributed by atoms with E-state index in [9.17, 15) is 13.2 Å². The Labute approximate surface area is 111 Å². The number of hydrogen-bond donors (Lipinski definition) is 0. The molecule has 1 aromatic heterocycles. The number of aromatic nitrogens is 2. The highest BCUT2D eigenvalue weighted by Gasteiger charge is 2.66. The minimum Gasteiger partial charge on any atom is -0.331 e. The summed E-state index contributed by atoms with van der Waals surface area (Å²) in [5.41, 5.74) is -0.661. The number of halogens is 3. The molecule has 1 aromatic rings. The van der Waals surface area contributed by atoms with Crippen LogP contribution in [0.5, 0.6) is 0 Å². The lowest BCUT2D eigenvalue weighted by Crippen LogP contribution is -2.33. The molecule has 2 heterocycles. The van der Waals surface area contributed by atoms with Crippen LogP contribution in [0.4, 0.5) is 13.2 Å². The van der Waals surface area contributed by atoms with Gasteiger partial charge in [-0.2, -0.15) is 13.2 Å². The number of nitrogens with zero attached hydrogens (tertiary/aromatic N) is 2. The Morgan fingerprint density at radius 2 is 2.05 bits per heavy atom. The number of hydrogen-bond acceptors (Lipinski definition) is 1. The van der Waals surface area contributed by atoms with E-state index in [2.05, 4.69) is 18.8 Å². The van der Waals surface area contributed by atoms with Crippen LogP contribution >= 0.6 is 0 Å². The third-order valence-corrected chi connectivity index (χ3v) is 4.80. The van der Waals surface area contributed by atoms with Gasteiger partial charge >= 0.3 is 6.18 Å². The van der Waals surface area contributed by atoms with Crippen LogP contribution in [0.1, 0.15) is 44.6 Å². The van der Waals surface area contributed by atoms with Crippen LogP contribution in [0.2, 0.25) is 0 Å². The van der Waals surface area contributed by atoms with E-state index >= 15 is 0 Å². The van der Waals surface area contributed by atoms with Gasteiger partial charge in [0.1, 0.15) is 11.2 Å². The van der Waals surface area contributed by atoms with E-state index in [1.165, 1.54) is 0 Å². The van der Waals surface area contributed by atoms with Crippen LogP contribution in [0.15, 0.2) is 6.20 Å². The summed E-state index contributed by atoms with van der Waals surface area (Å²) in [6, 6.07) is 0. The van der Waals surface area contributed by atoms with Gasteiger partial charge in [0.2, 0.25) is 0 Å². The standard InChI is InChI=1S/C14H19F3N2/c1-9(2)10-3-6-19-11(7-10)8-18-12(19)13(4-5-13)14(15,16)17/h8-10H,3-7H2,1-2H3. The lowest BCUT2D eigenvalue weighted by Gasteiger charge is -2.29. The molecule has 1 fully saturated rings. The third kappa shape index (κ3) is 1.89. The fourth-order valence-electron chi connectivity index (χ4n) is 3.20. The Hall–Kier alpha value is -1.00. The van der Waals surface area contributed by atoms with Crippen molar-refractivity contribution in [1.82, 2.24) is 9.55 Å². The van der Waals surface area contributed by atoms with Crippen LogP contribution in [0, 0.1) is 11.8 Å². The Kier molecular flexibility index (Phi) is 2.74. The smallest absolute Gasteiger partial charge is 0.331 e. The van der Waals surface area contributed by atoms with Crippen molar-refractivity contribution >= 4 is 0 Å². The molecule has 19 heavy (non-hydrogen) atoms. The van der Waals surface area contributed by atoms with Gasteiger partial charge in [-0.15, -0.1) is 0 Å². The maximum Gasteiger partial charge on any atom is 0.401 e. The van der Waals surface area contributed by atoms with E-state index in [-0.39, 0.29) is 18.7 Å². The topological polar surface area (TPSA) is 17.8 Å². The Balaban J connectivity index is 1.92. The zero-order valence-electron chi connectivity index (χ0n) is 11.3. The molecule has 5 heteroatoms. The van der Waals surface area contributed by atoms with Gasteiger partial charge in [-0.25, -0.2) is 4.98 Å². The molecule has 0 amide bonds. The van der Waals surface area contributed by atoms with Gasteiger partial charge in [-0.1, -0.05) is 13.8 Å². The Bertz CT molecular complexity index is 483. The summed E-state index contributed by atoms with van der Waals surface area (Å²) in [5.74, 6) is 1.40. The van der Waals surface area contributed by atoms with Crippen molar-refractivity contribution in [3.63, 3.8) is 0 Å². The molecule has 1 aliphatic heterocycles. The second kappa shape index (κ2) is 4.00. The number of rotatable bonds is 2. The Morgan fingerprint density at radius 3 is 2.58 bits per heavy atom. The van der Waals surface area contributed by atoms with E-state index in [1.54, 1.807) is 6.20 Å². The third-order valence-electron chi connectivity index (χ3n) is 4.80. The van der Waals surface area contributed by atoms with E-state index in [0.717, 1.165) is 18.5 Å². The molecule has 2 aliphatic rings. The van der Waals surface area contributed by atoms with Crippen molar-refractivity contribution in [3.05, 3.63) is 17.7 Å². The average molecular weight is 272 g/mol. The summed E-state index contributed by atoms with van der Waals surface area (Å²) in [4.78, 5) is 4.14. The first-order valence-electron chi connectivity index (χ1n) is 6.97. The Morgan fingerprint density at radius 1 is 1.37 bits per heavy atom. The van der Waals surface area contributed by atoms with Crippen molar-refractivity contribution in [1.29, 1.82) is 0 Å². The normalized spacial score (nSPS) is 25.5. The molecule has 1 aliphatic carbocycles. The van der Waals surface area contributed by atoms with Crippen molar-refractivity contribution in [2.24, 2.45) is 11.8 Å². The first-order chi connectivity index (χ1) is 8.85. The summed E-state index contributed by atoms with van der Waals surface area (Å²) >= 11 is 0. The number of alkyl halides is 3. The predicted molar refractivity (Wildman–Crippen MR) is 65.8 cm³/mol. The van der Waals surface area contributed by atoms with Gasteiger partial charge < -0.3 is 4.57 Å². The quantitative estimate of drug-likeness (QED) is 0.802. The molecule has 0 spiro atoms. The fraction of sp³-hybridized carbons (Fsp3) is 0.786. The molecule has 0 radical (unpaired) electrons. The molecule has 1 atom stereocenters. The molecule has 0 bridgehead atoms. The van der Waals surface area contributed by atoms with E-state index in [4.69, 9.17) is 0 Å². The summed E-state index contributed by atoms with van der Waals surface area (Å²) in [6.45, 7) is 5.04. The van der Waals surface area contributed by atoms with E-state index in [0.29, 0.717) is 18.4 Å². The summed E-state index contributed by atoms with van der Waals surface area (Å²) in [7, 11) is 0. The average Bonchev–Trinajstić information content (AvgIpc) is 3.03. The van der Waals surface area contributed by atoms with Gasteiger partial charge in [0.05, 0.1) is 0 Å². The highest BCUT2D eigenvalue weighted by Crippen LogP contribution is 2.58. The molecule has 0 saturated heterocycles. The molecule has 3 rings (SSSR count). The first-order valence-corrected chi connectivity index (χ1v) is 6.97. The van der Waals surface area contributed by atoms with E-state index in [1.807, 2.05) is 4.57 Å². The van der Waals surface area contributed by atoms with Crippen LogP contribution in [0.3, 0.4) is 0 Å². The number of imidazole rings is 1. The zero-order valence-corrected chi connectivity index (χ0v) is 11.3. The summed E-state index contributed by atoms with van der Waals surface area (Å²) < 4.78 is 41.4. The maximum absolute atomic E-state index is 13.2. The maximum atomic E-state index is 13.2. The van der Waals surface area contributed by atoms with E-state index < -0.39 is 11.6 Å². The van der Waals surface area contributed by atoms with Crippen molar-refractivity contribution in [2.45, 2.75) is 57.7 Å². The first kappa shape index (κ1) is 13.0. The van der Waals surface area contributed by atoms with Crippen molar-refractivity contribution in [3.8, 4) is 0 Å². The monoisotopic (exact) mass is 272 g/mol. The molecule has 0 N–H and O–H groups in total. The minimum atomic E-state index is -4.16. The van der Waals surface area contributed by atoms with Gasteiger partial charge in [0.15, 0.2) is 0 Å². The minimum absolute atomic E-state index is 0.195. The fourth-order valence-corrected chi connectivity index (χ4v) is 3.20. The summed E-state index contributed by atoms with van der Waals surface area (Å²) in [6.07, 6.45) is -0.290. The molecule has 1 saturated carbocycles. The largest absolute Gasteiger partial charge is 0.401 e. The molecular weight excluding hydrogens is 253 g/mol. The summed E-state index contributed by atoms with van der Waals surface area (Å²) in [5, 5.41) is 0. The van der Waals surface area contributed by atoms with Crippen molar-refractivity contribution in [2.75, 3.05) is 0 Å². The second-order valence-corrected chi connectivity index (χ2v) is 6.30. The molecular formula is C14H19F3N2. The highest BCUT2D eigenvalue weighted by molar-refractivity contribution is 5.26. The molecule has 2 nitrogen and oxygen atoms in total. The van der Waals surface area contributed by atoms with Gasteiger partial charge in [0.25, 0.3) is 0 Å². The lowest BCUT2D eigenvalue weighted by atomic mass is 9.86. The van der Waals surface area contributed by atoms with Gasteiger partial charge in [-0.3, -0.25) is 0 Å². The zero-order chi connectivity index (χ0) is 13.8. The highest BCUT2D eigenvalue weighted by atomic mass is 19.4. The van der Waals surface area contributed by atoms with Crippen LogP contribution < -0.4 is 0 Å².